The Bertz CT molecular complexity index is 3120. The van der Waals surface area contributed by atoms with E-state index in [1.165, 1.54) is 53.7 Å². The van der Waals surface area contributed by atoms with Crippen molar-refractivity contribution < 1.29 is 0 Å². The summed E-state index contributed by atoms with van der Waals surface area (Å²) in [6.07, 6.45) is 0. The van der Waals surface area contributed by atoms with Crippen LogP contribution in [0.15, 0.2) is 170 Å². The van der Waals surface area contributed by atoms with Gasteiger partial charge in [0.05, 0.1) is 38.0 Å². The molecule has 0 bridgehead atoms. The summed E-state index contributed by atoms with van der Waals surface area (Å²) >= 11 is 1.76. The zero-order valence-electron chi connectivity index (χ0n) is 27.4. The van der Waals surface area contributed by atoms with E-state index in [1.54, 1.807) is 11.3 Å². The lowest BCUT2D eigenvalue weighted by atomic mass is 10.1. The Hall–Kier alpha value is -6.56. The summed E-state index contributed by atoms with van der Waals surface area (Å²) in [6, 6.07) is 60.6. The summed E-state index contributed by atoms with van der Waals surface area (Å²) in [6.45, 7) is 0. The van der Waals surface area contributed by atoms with Gasteiger partial charge in [-0.05, 0) is 48.5 Å². The maximum Gasteiger partial charge on any atom is 0.160 e. The Morgan fingerprint density at radius 2 is 1.04 bits per heavy atom. The number of benzene rings is 7. The molecular formula is C46H28N4S. The summed E-state index contributed by atoms with van der Waals surface area (Å²) in [7, 11) is 0. The Morgan fingerprint density at radius 1 is 0.412 bits per heavy atom. The highest BCUT2D eigenvalue weighted by Gasteiger charge is 2.21. The van der Waals surface area contributed by atoms with Crippen LogP contribution in [0.4, 0.5) is 0 Å². The predicted molar refractivity (Wildman–Crippen MR) is 214 cm³/mol. The number of rotatable bonds is 4. The molecule has 11 aromatic rings. The standard InChI is InChI=1S/C46H28N4S/c1-3-13-30(14-4-1)46-47-42(45-43(48-46)36-19-9-12-22-40(36)51-45)29-23-25-32(26-24-29)49-38-21-11-8-18-35(38)41-39(49)28-27-34-33-17-7-10-20-37(33)50(44(34)41)31-15-5-2-6-16-31/h1-28H. The van der Waals surface area contributed by atoms with Crippen LogP contribution in [0, 0.1) is 0 Å². The van der Waals surface area contributed by atoms with Gasteiger partial charge < -0.3 is 9.13 Å². The number of hydrogen-bond acceptors (Lipinski definition) is 3. The smallest absolute Gasteiger partial charge is 0.160 e. The second-order valence-electron chi connectivity index (χ2n) is 13.0. The summed E-state index contributed by atoms with van der Waals surface area (Å²) in [4.78, 5) is 10.3. The minimum Gasteiger partial charge on any atom is -0.309 e. The second kappa shape index (κ2) is 11.0. The molecule has 0 amide bonds. The monoisotopic (exact) mass is 668 g/mol. The van der Waals surface area contributed by atoms with Gasteiger partial charge in [-0.2, -0.15) is 0 Å². The number of fused-ring (bicyclic) bond motifs is 10. The molecule has 0 aliphatic carbocycles. The van der Waals surface area contributed by atoms with E-state index in [9.17, 15) is 0 Å². The first-order chi connectivity index (χ1) is 25.3. The van der Waals surface area contributed by atoms with Crippen LogP contribution >= 0.6 is 11.3 Å². The van der Waals surface area contributed by atoms with Crippen molar-refractivity contribution >= 4 is 75.3 Å². The molecule has 0 saturated heterocycles. The van der Waals surface area contributed by atoms with E-state index < -0.39 is 0 Å². The third-order valence-electron chi connectivity index (χ3n) is 10.1. The molecule has 0 fully saturated rings. The van der Waals surface area contributed by atoms with Crippen LogP contribution in [-0.2, 0) is 0 Å². The summed E-state index contributed by atoms with van der Waals surface area (Å²) < 4.78 is 7.17. The molecule has 0 unspecified atom stereocenters. The Morgan fingerprint density at radius 3 is 1.82 bits per heavy atom. The third kappa shape index (κ3) is 4.19. The molecule has 0 N–H and O–H groups in total. The van der Waals surface area contributed by atoms with Gasteiger partial charge in [-0.3, -0.25) is 0 Å². The fourth-order valence-electron chi connectivity index (χ4n) is 7.90. The number of nitrogens with zero attached hydrogens (tertiary/aromatic N) is 4. The first-order valence-electron chi connectivity index (χ1n) is 17.2. The molecule has 4 heterocycles. The van der Waals surface area contributed by atoms with Gasteiger partial charge in [0.1, 0.15) is 0 Å². The van der Waals surface area contributed by atoms with Crippen molar-refractivity contribution in [1.29, 1.82) is 0 Å². The molecule has 0 spiro atoms. The highest BCUT2D eigenvalue weighted by molar-refractivity contribution is 7.26. The minimum atomic E-state index is 0.742. The van der Waals surface area contributed by atoms with Gasteiger partial charge in [-0.15, -0.1) is 11.3 Å². The van der Waals surface area contributed by atoms with E-state index in [4.69, 9.17) is 9.97 Å². The topological polar surface area (TPSA) is 35.6 Å². The number of aromatic nitrogens is 4. The maximum absolute atomic E-state index is 5.21. The lowest BCUT2D eigenvalue weighted by molar-refractivity contribution is 1.17. The van der Waals surface area contributed by atoms with E-state index >= 15 is 0 Å². The third-order valence-corrected chi connectivity index (χ3v) is 11.3. The fraction of sp³-hybridized carbons (Fsp3) is 0. The van der Waals surface area contributed by atoms with Gasteiger partial charge in [0, 0.05) is 54.1 Å². The number of para-hydroxylation sites is 3. The summed E-state index contributed by atoms with van der Waals surface area (Å²) in [5, 5.41) is 6.16. The molecule has 0 atom stereocenters. The van der Waals surface area contributed by atoms with Crippen LogP contribution in [-0.4, -0.2) is 19.1 Å². The quantitative estimate of drug-likeness (QED) is 0.187. The average Bonchev–Trinajstić information content (AvgIpc) is 3.86. The van der Waals surface area contributed by atoms with Crippen LogP contribution in [0.1, 0.15) is 0 Å². The van der Waals surface area contributed by atoms with Crippen molar-refractivity contribution in [2.45, 2.75) is 0 Å². The molecule has 238 valence electrons. The molecule has 0 radical (unpaired) electrons. The Labute approximate surface area is 297 Å². The van der Waals surface area contributed by atoms with Crippen LogP contribution < -0.4 is 0 Å². The van der Waals surface area contributed by atoms with Crippen molar-refractivity contribution in [3.8, 4) is 34.0 Å². The van der Waals surface area contributed by atoms with Gasteiger partial charge >= 0.3 is 0 Å². The van der Waals surface area contributed by atoms with E-state index in [0.29, 0.717) is 0 Å². The number of hydrogen-bond donors (Lipinski definition) is 0. The molecule has 0 aliphatic rings. The lowest BCUT2D eigenvalue weighted by Crippen LogP contribution is -1.96. The van der Waals surface area contributed by atoms with Gasteiger partial charge in [0.2, 0.25) is 0 Å². The van der Waals surface area contributed by atoms with Crippen molar-refractivity contribution in [2.75, 3.05) is 0 Å². The van der Waals surface area contributed by atoms with Crippen LogP contribution in [0.3, 0.4) is 0 Å². The van der Waals surface area contributed by atoms with Crippen molar-refractivity contribution in [1.82, 2.24) is 19.1 Å². The van der Waals surface area contributed by atoms with Gasteiger partial charge in [-0.25, -0.2) is 9.97 Å². The normalized spacial score (nSPS) is 11.9. The molecule has 11 rings (SSSR count). The van der Waals surface area contributed by atoms with Gasteiger partial charge in [0.15, 0.2) is 5.82 Å². The molecule has 4 aromatic heterocycles. The molecule has 4 nitrogen and oxygen atoms in total. The first-order valence-corrected chi connectivity index (χ1v) is 18.0. The zero-order valence-corrected chi connectivity index (χ0v) is 28.2. The first kappa shape index (κ1) is 28.3. The van der Waals surface area contributed by atoms with E-state index in [-0.39, 0.29) is 0 Å². The molecule has 51 heavy (non-hydrogen) atoms. The SMILES string of the molecule is c1ccc(-c2nc(-c3ccc(-n4c5ccccc5c5c4ccc4c6ccccc6n(-c6ccccc6)c45)cc3)c3sc4ccccc4c3n2)cc1. The summed E-state index contributed by atoms with van der Waals surface area (Å²) in [5.74, 6) is 0.742. The van der Waals surface area contributed by atoms with E-state index in [1.807, 2.05) is 18.2 Å². The fourth-order valence-corrected chi connectivity index (χ4v) is 9.06. The number of thiophene rings is 1. The van der Waals surface area contributed by atoms with Crippen LogP contribution in [0.2, 0.25) is 0 Å². The molecule has 0 saturated carbocycles. The molecule has 0 aliphatic heterocycles. The highest BCUT2D eigenvalue weighted by atomic mass is 32.1. The zero-order chi connectivity index (χ0) is 33.5. The van der Waals surface area contributed by atoms with E-state index in [2.05, 4.69) is 161 Å². The molecule has 5 heteroatoms. The van der Waals surface area contributed by atoms with Gasteiger partial charge in [-0.1, -0.05) is 121 Å². The lowest BCUT2D eigenvalue weighted by Gasteiger charge is -2.11. The average molecular weight is 669 g/mol. The van der Waals surface area contributed by atoms with Crippen LogP contribution in [0.5, 0.6) is 0 Å². The van der Waals surface area contributed by atoms with E-state index in [0.717, 1.165) is 44.2 Å². The minimum absolute atomic E-state index is 0.742. The summed E-state index contributed by atoms with van der Waals surface area (Å²) in [5.41, 5.74) is 11.1. The highest BCUT2D eigenvalue weighted by Crippen LogP contribution is 2.43. The van der Waals surface area contributed by atoms with Crippen LogP contribution in [0.25, 0.3) is 97.9 Å². The molecular weight excluding hydrogens is 641 g/mol. The Balaban J connectivity index is 1.15. The van der Waals surface area contributed by atoms with Crippen molar-refractivity contribution in [3.05, 3.63) is 170 Å². The van der Waals surface area contributed by atoms with Crippen molar-refractivity contribution in [3.63, 3.8) is 0 Å². The van der Waals surface area contributed by atoms with Gasteiger partial charge in [0.25, 0.3) is 0 Å². The van der Waals surface area contributed by atoms with Crippen molar-refractivity contribution in [2.24, 2.45) is 0 Å². The second-order valence-corrected chi connectivity index (χ2v) is 14.0. The predicted octanol–water partition coefficient (Wildman–Crippen LogP) is 12.4. The Kier molecular flexibility index (Phi) is 6.09. The maximum atomic E-state index is 5.21. The molecule has 7 aromatic carbocycles. The largest absolute Gasteiger partial charge is 0.309 e.